The number of amides is 1. The van der Waals surface area contributed by atoms with E-state index in [1.165, 1.54) is 0 Å². The number of likely N-dealkylation sites (N-methyl/N-ethyl adjacent to an activating group) is 1. The topological polar surface area (TPSA) is 79.3 Å². The van der Waals surface area contributed by atoms with Gasteiger partial charge in [0.2, 0.25) is 5.91 Å². The minimum absolute atomic E-state index is 0.0211. The van der Waals surface area contributed by atoms with Gasteiger partial charge in [-0.05, 0) is 13.5 Å². The van der Waals surface area contributed by atoms with Gasteiger partial charge in [-0.25, -0.2) is 0 Å². The predicted molar refractivity (Wildman–Crippen MR) is 85.2 cm³/mol. The minimum atomic E-state index is -0.864. The molecule has 1 saturated heterocycles. The van der Waals surface area contributed by atoms with Crippen molar-refractivity contribution in [2.75, 3.05) is 39.3 Å². The Morgan fingerprint density at radius 1 is 1.30 bits per heavy atom. The fourth-order valence-electron chi connectivity index (χ4n) is 2.71. The molecule has 0 spiro atoms. The van der Waals surface area contributed by atoms with Gasteiger partial charge in [0, 0.05) is 31.3 Å². The maximum absolute atomic E-state index is 12.6. The van der Waals surface area contributed by atoms with Crippen LogP contribution in [0.4, 0.5) is 5.69 Å². The first-order chi connectivity index (χ1) is 11.0. The Bertz CT molecular complexity index is 568. The standard InChI is InChI=1S/C16H22N2O5/c1-17(6-5-15(19)20)14-4-7-18(16(14)21)11-8-12(22-2)10-13(9-11)23-3/h8-10,14H,4-7H2,1-3H3,(H,19,20). The third kappa shape index (κ3) is 3.92. The van der Waals surface area contributed by atoms with Crippen LogP contribution in [0, 0.1) is 0 Å². The highest BCUT2D eigenvalue weighted by molar-refractivity contribution is 5.99. The first kappa shape index (κ1) is 17.1. The summed E-state index contributed by atoms with van der Waals surface area (Å²) in [6.45, 7) is 0.929. The highest BCUT2D eigenvalue weighted by Crippen LogP contribution is 2.31. The summed E-state index contributed by atoms with van der Waals surface area (Å²) >= 11 is 0. The molecule has 7 heteroatoms. The Morgan fingerprint density at radius 2 is 1.91 bits per heavy atom. The highest BCUT2D eigenvalue weighted by atomic mass is 16.5. The molecule has 1 unspecified atom stereocenters. The summed E-state index contributed by atoms with van der Waals surface area (Å²) in [6.07, 6.45) is 0.682. The normalized spacial score (nSPS) is 17.7. The van der Waals surface area contributed by atoms with Crippen LogP contribution in [0.2, 0.25) is 0 Å². The molecule has 1 heterocycles. The lowest BCUT2D eigenvalue weighted by atomic mass is 10.2. The Morgan fingerprint density at radius 3 is 2.43 bits per heavy atom. The van der Waals surface area contributed by atoms with Crippen LogP contribution < -0.4 is 14.4 Å². The Kier molecular flexibility index (Phi) is 5.44. The third-order valence-corrected chi connectivity index (χ3v) is 4.04. The van der Waals surface area contributed by atoms with Gasteiger partial charge in [0.05, 0.1) is 32.4 Å². The number of carboxylic acid groups (broad SMARTS) is 1. The van der Waals surface area contributed by atoms with Crippen molar-refractivity contribution >= 4 is 17.6 Å². The number of rotatable bonds is 7. The van der Waals surface area contributed by atoms with E-state index >= 15 is 0 Å². The number of benzene rings is 1. The van der Waals surface area contributed by atoms with Crippen molar-refractivity contribution in [3.63, 3.8) is 0 Å². The van der Waals surface area contributed by atoms with E-state index in [4.69, 9.17) is 14.6 Å². The van der Waals surface area contributed by atoms with E-state index in [1.807, 2.05) is 0 Å². The molecule has 0 bridgehead atoms. The van der Waals surface area contributed by atoms with Crippen LogP contribution in [0.25, 0.3) is 0 Å². The SMILES string of the molecule is COc1cc(OC)cc(N2CCC(N(C)CCC(=O)O)C2=O)c1. The molecular weight excluding hydrogens is 300 g/mol. The van der Waals surface area contributed by atoms with Gasteiger partial charge in [0.25, 0.3) is 0 Å². The molecule has 1 amide bonds. The first-order valence-electron chi connectivity index (χ1n) is 7.42. The van der Waals surface area contributed by atoms with Crippen molar-refractivity contribution in [1.29, 1.82) is 0 Å². The average Bonchev–Trinajstić information content (AvgIpc) is 2.93. The van der Waals surface area contributed by atoms with E-state index in [2.05, 4.69) is 0 Å². The zero-order valence-corrected chi connectivity index (χ0v) is 13.6. The minimum Gasteiger partial charge on any atom is -0.497 e. The van der Waals surface area contributed by atoms with Gasteiger partial charge in [-0.2, -0.15) is 0 Å². The molecule has 23 heavy (non-hydrogen) atoms. The smallest absolute Gasteiger partial charge is 0.304 e. The summed E-state index contributed by atoms with van der Waals surface area (Å²) in [5.74, 6) is 0.342. The number of methoxy groups -OCH3 is 2. The zero-order valence-electron chi connectivity index (χ0n) is 13.6. The van der Waals surface area contributed by atoms with Gasteiger partial charge in [-0.3, -0.25) is 14.5 Å². The van der Waals surface area contributed by atoms with Crippen LogP contribution in [0.3, 0.4) is 0 Å². The van der Waals surface area contributed by atoms with Gasteiger partial charge in [0.1, 0.15) is 11.5 Å². The molecule has 1 aromatic rings. The van der Waals surface area contributed by atoms with Crippen LogP contribution in [-0.4, -0.2) is 62.3 Å². The molecular formula is C16H22N2O5. The fourth-order valence-corrected chi connectivity index (χ4v) is 2.71. The number of carboxylic acids is 1. The summed E-state index contributed by atoms with van der Waals surface area (Å²) in [5.41, 5.74) is 0.723. The number of ether oxygens (including phenoxy) is 2. The van der Waals surface area contributed by atoms with E-state index in [1.54, 1.807) is 49.3 Å². The summed E-state index contributed by atoms with van der Waals surface area (Å²) < 4.78 is 10.5. The number of hydrogen-bond donors (Lipinski definition) is 1. The monoisotopic (exact) mass is 322 g/mol. The van der Waals surface area contributed by atoms with E-state index in [0.717, 1.165) is 5.69 Å². The number of carbonyl (C=O) groups excluding carboxylic acids is 1. The van der Waals surface area contributed by atoms with Gasteiger partial charge in [0.15, 0.2) is 0 Å². The molecule has 1 fully saturated rings. The Balaban J connectivity index is 2.13. The second-order valence-corrected chi connectivity index (χ2v) is 5.49. The van der Waals surface area contributed by atoms with E-state index in [9.17, 15) is 9.59 Å². The van der Waals surface area contributed by atoms with Gasteiger partial charge < -0.3 is 19.5 Å². The molecule has 1 aromatic carbocycles. The van der Waals surface area contributed by atoms with Crippen molar-refractivity contribution in [1.82, 2.24) is 4.90 Å². The van der Waals surface area contributed by atoms with Crippen molar-refractivity contribution in [2.45, 2.75) is 18.9 Å². The maximum Gasteiger partial charge on any atom is 0.304 e. The quantitative estimate of drug-likeness (QED) is 0.813. The van der Waals surface area contributed by atoms with Crippen molar-refractivity contribution in [3.8, 4) is 11.5 Å². The van der Waals surface area contributed by atoms with Crippen LogP contribution in [0.15, 0.2) is 18.2 Å². The van der Waals surface area contributed by atoms with Crippen LogP contribution in [0.1, 0.15) is 12.8 Å². The van der Waals surface area contributed by atoms with Crippen molar-refractivity contribution in [2.24, 2.45) is 0 Å². The highest BCUT2D eigenvalue weighted by Gasteiger charge is 2.35. The number of nitrogens with zero attached hydrogens (tertiary/aromatic N) is 2. The summed E-state index contributed by atoms with van der Waals surface area (Å²) in [6, 6.07) is 5.03. The Labute approximate surface area is 135 Å². The fraction of sp³-hybridized carbons (Fsp3) is 0.500. The first-order valence-corrected chi connectivity index (χ1v) is 7.42. The predicted octanol–water partition coefficient (Wildman–Crippen LogP) is 1.22. The third-order valence-electron chi connectivity index (χ3n) is 4.04. The maximum atomic E-state index is 12.6. The number of anilines is 1. The second-order valence-electron chi connectivity index (χ2n) is 5.49. The molecule has 1 atom stereocenters. The van der Waals surface area contributed by atoms with E-state index in [0.29, 0.717) is 31.0 Å². The largest absolute Gasteiger partial charge is 0.497 e. The zero-order chi connectivity index (χ0) is 17.0. The number of hydrogen-bond acceptors (Lipinski definition) is 5. The van der Waals surface area contributed by atoms with Gasteiger partial charge >= 0.3 is 5.97 Å². The second kappa shape index (κ2) is 7.32. The molecule has 0 aliphatic carbocycles. The van der Waals surface area contributed by atoms with Crippen molar-refractivity contribution < 1.29 is 24.2 Å². The van der Waals surface area contributed by atoms with Crippen LogP contribution in [-0.2, 0) is 9.59 Å². The van der Waals surface area contributed by atoms with Crippen LogP contribution >= 0.6 is 0 Å². The molecule has 2 rings (SSSR count). The molecule has 7 nitrogen and oxygen atoms in total. The lowest BCUT2D eigenvalue weighted by Gasteiger charge is -2.23. The van der Waals surface area contributed by atoms with Crippen LogP contribution in [0.5, 0.6) is 11.5 Å². The lowest BCUT2D eigenvalue weighted by molar-refractivity contribution is -0.137. The van der Waals surface area contributed by atoms with Gasteiger partial charge in [-0.1, -0.05) is 0 Å². The lowest BCUT2D eigenvalue weighted by Crippen LogP contribution is -2.40. The molecule has 0 saturated carbocycles. The molecule has 1 aliphatic rings. The van der Waals surface area contributed by atoms with E-state index < -0.39 is 5.97 Å². The summed E-state index contributed by atoms with van der Waals surface area (Å²) in [4.78, 5) is 26.8. The summed E-state index contributed by atoms with van der Waals surface area (Å²) in [7, 11) is 4.90. The molecule has 1 aliphatic heterocycles. The molecule has 126 valence electrons. The summed E-state index contributed by atoms with van der Waals surface area (Å²) in [5, 5.41) is 8.77. The molecule has 0 aromatic heterocycles. The average molecular weight is 322 g/mol. The van der Waals surface area contributed by atoms with E-state index in [-0.39, 0.29) is 18.4 Å². The molecule has 1 N–H and O–H groups in total. The van der Waals surface area contributed by atoms with Crippen molar-refractivity contribution in [3.05, 3.63) is 18.2 Å². The number of carbonyl (C=O) groups is 2. The van der Waals surface area contributed by atoms with Gasteiger partial charge in [-0.15, -0.1) is 0 Å². The number of aliphatic carboxylic acids is 1. The Hall–Kier alpha value is -2.28. The molecule has 0 radical (unpaired) electrons.